The Bertz CT molecular complexity index is 273. The topological polar surface area (TPSA) is 15.3 Å². The van der Waals surface area contributed by atoms with Gasteiger partial charge in [-0.1, -0.05) is 40.0 Å². The third-order valence-corrected chi connectivity index (χ3v) is 5.74. The highest BCUT2D eigenvalue weighted by Gasteiger charge is 2.34. The molecule has 0 bridgehead atoms. The van der Waals surface area contributed by atoms with Crippen molar-refractivity contribution >= 4 is 0 Å². The molecule has 2 aliphatic rings. The summed E-state index contributed by atoms with van der Waals surface area (Å²) in [7, 11) is 2.17. The SMILES string of the molecule is CNC1(CCN2CCC(C(C)(C)C)C2)CCCCC1. The molecule has 0 spiro atoms. The molecule has 112 valence electrons. The largest absolute Gasteiger partial charge is 0.314 e. The lowest BCUT2D eigenvalue weighted by Crippen LogP contribution is -2.47. The third-order valence-electron chi connectivity index (χ3n) is 5.74. The summed E-state index contributed by atoms with van der Waals surface area (Å²) in [5.41, 5.74) is 0.943. The van der Waals surface area contributed by atoms with E-state index in [1.165, 1.54) is 64.6 Å². The fraction of sp³-hybridized carbons (Fsp3) is 1.00. The van der Waals surface area contributed by atoms with Crippen molar-refractivity contribution in [1.29, 1.82) is 0 Å². The van der Waals surface area contributed by atoms with E-state index in [1.807, 2.05) is 0 Å². The summed E-state index contributed by atoms with van der Waals surface area (Å²) >= 11 is 0. The quantitative estimate of drug-likeness (QED) is 0.835. The number of hydrogen-bond donors (Lipinski definition) is 1. The van der Waals surface area contributed by atoms with Crippen LogP contribution in [0.2, 0.25) is 0 Å². The summed E-state index contributed by atoms with van der Waals surface area (Å²) in [6.45, 7) is 11.1. The molecule has 1 unspecified atom stereocenters. The van der Waals surface area contributed by atoms with Crippen LogP contribution in [0.3, 0.4) is 0 Å². The molecule has 0 radical (unpaired) electrons. The summed E-state index contributed by atoms with van der Waals surface area (Å²) in [6.07, 6.45) is 9.81. The Labute approximate surface area is 120 Å². The molecule has 2 fully saturated rings. The zero-order valence-electron chi connectivity index (χ0n) is 13.6. The molecule has 0 aromatic rings. The molecule has 19 heavy (non-hydrogen) atoms. The number of rotatable bonds is 4. The van der Waals surface area contributed by atoms with Gasteiger partial charge >= 0.3 is 0 Å². The van der Waals surface area contributed by atoms with Gasteiger partial charge in [0.25, 0.3) is 0 Å². The zero-order valence-corrected chi connectivity index (χ0v) is 13.6. The Hall–Kier alpha value is -0.0800. The van der Waals surface area contributed by atoms with Gasteiger partial charge in [0.15, 0.2) is 0 Å². The van der Waals surface area contributed by atoms with Gasteiger partial charge in [0.05, 0.1) is 0 Å². The van der Waals surface area contributed by atoms with Gasteiger partial charge in [-0.05, 0) is 57.2 Å². The van der Waals surface area contributed by atoms with Gasteiger partial charge in [0, 0.05) is 12.1 Å². The van der Waals surface area contributed by atoms with Gasteiger partial charge in [-0.3, -0.25) is 0 Å². The summed E-state index contributed by atoms with van der Waals surface area (Å²) < 4.78 is 0. The Morgan fingerprint density at radius 2 is 1.84 bits per heavy atom. The van der Waals surface area contributed by atoms with Crippen molar-refractivity contribution in [1.82, 2.24) is 10.2 Å². The summed E-state index contributed by atoms with van der Waals surface area (Å²) in [5.74, 6) is 0.893. The lowest BCUT2D eigenvalue weighted by molar-refractivity contribution is 0.183. The minimum absolute atomic E-state index is 0.456. The van der Waals surface area contributed by atoms with Gasteiger partial charge < -0.3 is 10.2 Å². The molecule has 1 aliphatic heterocycles. The number of hydrogen-bond acceptors (Lipinski definition) is 2. The van der Waals surface area contributed by atoms with E-state index >= 15 is 0 Å². The lowest BCUT2D eigenvalue weighted by Gasteiger charge is -2.38. The molecule has 2 heteroatoms. The van der Waals surface area contributed by atoms with Crippen molar-refractivity contribution in [2.75, 3.05) is 26.7 Å². The van der Waals surface area contributed by atoms with Crippen LogP contribution in [-0.4, -0.2) is 37.1 Å². The molecular weight excluding hydrogens is 232 g/mol. The van der Waals surface area contributed by atoms with Crippen LogP contribution in [0.1, 0.15) is 65.7 Å². The maximum atomic E-state index is 3.66. The zero-order chi connectivity index (χ0) is 13.9. The van der Waals surface area contributed by atoms with Crippen LogP contribution in [0, 0.1) is 11.3 Å². The smallest absolute Gasteiger partial charge is 0.0190 e. The predicted molar refractivity (Wildman–Crippen MR) is 83.5 cm³/mol. The van der Waals surface area contributed by atoms with Crippen molar-refractivity contribution in [3.63, 3.8) is 0 Å². The molecule has 1 aliphatic carbocycles. The fourth-order valence-electron chi connectivity index (χ4n) is 3.97. The molecular formula is C17H34N2. The molecule has 2 rings (SSSR count). The first-order valence-electron chi connectivity index (χ1n) is 8.36. The average Bonchev–Trinajstić information content (AvgIpc) is 2.86. The second kappa shape index (κ2) is 6.13. The minimum Gasteiger partial charge on any atom is -0.314 e. The Balaban J connectivity index is 1.79. The molecule has 1 heterocycles. The lowest BCUT2D eigenvalue weighted by atomic mass is 9.79. The number of nitrogens with one attached hydrogen (secondary N) is 1. The van der Waals surface area contributed by atoms with Crippen LogP contribution in [-0.2, 0) is 0 Å². The first-order valence-corrected chi connectivity index (χ1v) is 8.36. The summed E-state index contributed by atoms with van der Waals surface area (Å²) in [4.78, 5) is 2.71. The van der Waals surface area contributed by atoms with Crippen molar-refractivity contribution in [3.05, 3.63) is 0 Å². The van der Waals surface area contributed by atoms with Crippen molar-refractivity contribution in [2.45, 2.75) is 71.3 Å². The van der Waals surface area contributed by atoms with E-state index in [0.29, 0.717) is 11.0 Å². The molecule has 1 atom stereocenters. The van der Waals surface area contributed by atoms with E-state index in [4.69, 9.17) is 0 Å². The van der Waals surface area contributed by atoms with Crippen LogP contribution >= 0.6 is 0 Å². The van der Waals surface area contributed by atoms with Gasteiger partial charge in [-0.2, -0.15) is 0 Å². The van der Waals surface area contributed by atoms with Crippen molar-refractivity contribution < 1.29 is 0 Å². The van der Waals surface area contributed by atoms with Gasteiger partial charge in [-0.15, -0.1) is 0 Å². The van der Waals surface area contributed by atoms with E-state index in [1.54, 1.807) is 0 Å². The molecule has 1 saturated carbocycles. The Morgan fingerprint density at radius 3 is 2.37 bits per heavy atom. The average molecular weight is 266 g/mol. The molecule has 0 amide bonds. The van der Waals surface area contributed by atoms with Crippen LogP contribution in [0.5, 0.6) is 0 Å². The standard InChI is InChI=1S/C17H34N2/c1-16(2,3)15-8-12-19(14-15)13-11-17(18-4)9-6-5-7-10-17/h15,18H,5-14H2,1-4H3. The highest BCUT2D eigenvalue weighted by Crippen LogP contribution is 2.35. The van der Waals surface area contributed by atoms with Gasteiger partial charge in [-0.25, -0.2) is 0 Å². The van der Waals surface area contributed by atoms with E-state index in [2.05, 4.69) is 38.0 Å². The fourth-order valence-corrected chi connectivity index (χ4v) is 3.97. The third kappa shape index (κ3) is 3.95. The van der Waals surface area contributed by atoms with Crippen molar-refractivity contribution in [2.24, 2.45) is 11.3 Å². The van der Waals surface area contributed by atoms with E-state index < -0.39 is 0 Å². The maximum Gasteiger partial charge on any atom is 0.0190 e. The van der Waals surface area contributed by atoms with Gasteiger partial charge in [0.1, 0.15) is 0 Å². The van der Waals surface area contributed by atoms with Crippen LogP contribution in [0.4, 0.5) is 0 Å². The van der Waals surface area contributed by atoms with Crippen LogP contribution < -0.4 is 5.32 Å². The molecule has 2 nitrogen and oxygen atoms in total. The highest BCUT2D eigenvalue weighted by atomic mass is 15.1. The first kappa shape index (κ1) is 15.3. The first-order chi connectivity index (χ1) is 8.95. The minimum atomic E-state index is 0.456. The Morgan fingerprint density at radius 1 is 1.16 bits per heavy atom. The maximum absolute atomic E-state index is 3.66. The molecule has 0 aromatic heterocycles. The summed E-state index contributed by atoms with van der Waals surface area (Å²) in [5, 5.41) is 3.66. The summed E-state index contributed by atoms with van der Waals surface area (Å²) in [6, 6.07) is 0. The highest BCUT2D eigenvalue weighted by molar-refractivity contribution is 4.92. The van der Waals surface area contributed by atoms with Gasteiger partial charge in [0.2, 0.25) is 0 Å². The molecule has 1 N–H and O–H groups in total. The Kier molecular flexibility index (Phi) is 4.94. The molecule has 0 aromatic carbocycles. The van der Waals surface area contributed by atoms with E-state index in [-0.39, 0.29) is 0 Å². The van der Waals surface area contributed by atoms with Crippen LogP contribution in [0.15, 0.2) is 0 Å². The monoisotopic (exact) mass is 266 g/mol. The van der Waals surface area contributed by atoms with Crippen LogP contribution in [0.25, 0.3) is 0 Å². The second-order valence-electron chi connectivity index (χ2n) is 7.99. The van der Waals surface area contributed by atoms with Crippen molar-refractivity contribution in [3.8, 4) is 0 Å². The molecule has 1 saturated heterocycles. The second-order valence-corrected chi connectivity index (χ2v) is 7.99. The van der Waals surface area contributed by atoms with E-state index in [0.717, 1.165) is 5.92 Å². The predicted octanol–water partition coefficient (Wildman–Crippen LogP) is 3.67. The normalized spacial score (nSPS) is 28.7. The van der Waals surface area contributed by atoms with E-state index in [9.17, 15) is 0 Å². The number of nitrogens with zero attached hydrogens (tertiary/aromatic N) is 1. The number of likely N-dealkylation sites (tertiary alicyclic amines) is 1.